The van der Waals surface area contributed by atoms with Crippen molar-refractivity contribution in [3.8, 4) is 11.3 Å². The number of carbonyl (C=O) groups excluding carboxylic acids is 1. The van der Waals surface area contributed by atoms with Crippen LogP contribution in [-0.4, -0.2) is 30.0 Å². The highest BCUT2D eigenvalue weighted by Gasteiger charge is 2.41. The molecule has 0 atom stereocenters. The summed E-state index contributed by atoms with van der Waals surface area (Å²) in [7, 11) is 3.52. The van der Waals surface area contributed by atoms with Crippen LogP contribution in [0.2, 0.25) is 0 Å². The molecule has 3 rings (SSSR count). The van der Waals surface area contributed by atoms with Gasteiger partial charge in [0, 0.05) is 25.2 Å². The Morgan fingerprint density at radius 1 is 1.23 bits per heavy atom. The number of hydrogen-bond donors (Lipinski definition) is 2. The van der Waals surface area contributed by atoms with Gasteiger partial charge in [-0.05, 0) is 19.9 Å². The van der Waals surface area contributed by atoms with Crippen LogP contribution >= 0.6 is 0 Å². The summed E-state index contributed by atoms with van der Waals surface area (Å²) in [5.74, 6) is 0.739. The molecular formula is C16H19N5O. The van der Waals surface area contributed by atoms with E-state index in [2.05, 4.69) is 15.3 Å². The van der Waals surface area contributed by atoms with Gasteiger partial charge in [0.25, 0.3) is 0 Å². The number of fused-ring (bicyclic) bond motifs is 3. The number of carbonyl (C=O) groups is 1. The van der Waals surface area contributed by atoms with E-state index in [1.165, 1.54) is 0 Å². The molecule has 1 amide bonds. The topological polar surface area (TPSA) is 84.1 Å². The summed E-state index contributed by atoms with van der Waals surface area (Å²) in [5.41, 5.74) is 8.44. The lowest BCUT2D eigenvalue weighted by atomic mass is 9.82. The molecule has 0 radical (unpaired) electrons. The maximum atomic E-state index is 12.9. The van der Waals surface area contributed by atoms with Crippen LogP contribution in [0.15, 0.2) is 24.3 Å². The van der Waals surface area contributed by atoms with E-state index in [1.54, 1.807) is 19.0 Å². The fourth-order valence-electron chi connectivity index (χ4n) is 3.00. The Balaban J connectivity index is 2.45. The summed E-state index contributed by atoms with van der Waals surface area (Å²) >= 11 is 0. The average Bonchev–Trinajstić information content (AvgIpc) is 2.57. The molecule has 0 unspecified atom stereocenters. The number of para-hydroxylation sites is 1. The first-order chi connectivity index (χ1) is 10.4. The van der Waals surface area contributed by atoms with E-state index >= 15 is 0 Å². The maximum Gasteiger partial charge on any atom is 0.237 e. The van der Waals surface area contributed by atoms with Gasteiger partial charge in [0.1, 0.15) is 5.82 Å². The van der Waals surface area contributed by atoms with E-state index in [0.29, 0.717) is 23.0 Å². The number of benzene rings is 1. The van der Waals surface area contributed by atoms with Crippen LogP contribution in [0.25, 0.3) is 11.3 Å². The van der Waals surface area contributed by atoms with Crippen molar-refractivity contribution < 1.29 is 4.79 Å². The highest BCUT2D eigenvalue weighted by Crippen LogP contribution is 2.44. The van der Waals surface area contributed by atoms with E-state index < -0.39 is 5.41 Å². The van der Waals surface area contributed by atoms with Crippen molar-refractivity contribution in [2.75, 3.05) is 30.0 Å². The van der Waals surface area contributed by atoms with Crippen LogP contribution in [0, 0.1) is 0 Å². The van der Waals surface area contributed by atoms with Crippen LogP contribution < -0.4 is 16.0 Å². The molecule has 1 aliphatic rings. The second-order valence-corrected chi connectivity index (χ2v) is 5.91. The first-order valence-corrected chi connectivity index (χ1v) is 7.11. The third-order valence-electron chi connectivity index (χ3n) is 4.15. The van der Waals surface area contributed by atoms with Crippen LogP contribution in [0.4, 0.5) is 17.5 Å². The van der Waals surface area contributed by atoms with E-state index in [0.717, 1.165) is 11.3 Å². The lowest BCUT2D eigenvalue weighted by Gasteiger charge is -2.28. The van der Waals surface area contributed by atoms with Crippen molar-refractivity contribution in [2.45, 2.75) is 19.3 Å². The molecule has 0 fully saturated rings. The second-order valence-electron chi connectivity index (χ2n) is 5.91. The van der Waals surface area contributed by atoms with Gasteiger partial charge in [-0.25, -0.2) is 4.98 Å². The first kappa shape index (κ1) is 14.3. The van der Waals surface area contributed by atoms with Gasteiger partial charge in [0.2, 0.25) is 11.9 Å². The van der Waals surface area contributed by atoms with E-state index in [-0.39, 0.29) is 5.91 Å². The van der Waals surface area contributed by atoms with Gasteiger partial charge in [0.05, 0.1) is 16.8 Å². The second kappa shape index (κ2) is 4.69. The number of nitrogens with one attached hydrogen (secondary N) is 1. The highest BCUT2D eigenvalue weighted by atomic mass is 16.2. The zero-order valence-corrected chi connectivity index (χ0v) is 13.1. The van der Waals surface area contributed by atoms with E-state index in [1.807, 2.05) is 38.1 Å². The molecule has 22 heavy (non-hydrogen) atoms. The van der Waals surface area contributed by atoms with Crippen molar-refractivity contribution in [3.05, 3.63) is 29.8 Å². The van der Waals surface area contributed by atoms with Gasteiger partial charge in [-0.1, -0.05) is 18.2 Å². The number of amides is 1. The summed E-state index contributed by atoms with van der Waals surface area (Å²) in [6, 6.07) is 7.70. The molecule has 114 valence electrons. The number of aromatic nitrogens is 2. The Kier molecular flexibility index (Phi) is 3.05. The number of nitrogen functional groups attached to an aromatic ring is 1. The zero-order chi connectivity index (χ0) is 16.1. The molecule has 1 aromatic carbocycles. The van der Waals surface area contributed by atoms with Crippen molar-refractivity contribution in [1.82, 2.24) is 9.97 Å². The molecular weight excluding hydrogens is 278 g/mol. The lowest BCUT2D eigenvalue weighted by molar-refractivity contribution is -0.122. The van der Waals surface area contributed by atoms with Crippen LogP contribution in [0.5, 0.6) is 0 Å². The number of nitrogens with zero attached hydrogens (tertiary/aromatic N) is 3. The van der Waals surface area contributed by atoms with Crippen molar-refractivity contribution in [3.63, 3.8) is 0 Å². The molecule has 1 aromatic heterocycles. The average molecular weight is 297 g/mol. The minimum absolute atomic E-state index is 0.0359. The molecule has 0 aliphatic carbocycles. The predicted molar refractivity (Wildman–Crippen MR) is 87.9 cm³/mol. The number of rotatable bonds is 1. The SMILES string of the molecule is CNc1nc(N)c2c(n1)-c1ccccc1N(C)C(=O)C2(C)C. The van der Waals surface area contributed by atoms with Crippen molar-refractivity contribution in [1.29, 1.82) is 0 Å². The van der Waals surface area contributed by atoms with Crippen molar-refractivity contribution in [2.24, 2.45) is 0 Å². The molecule has 6 heteroatoms. The smallest absolute Gasteiger partial charge is 0.237 e. The number of hydrogen-bond acceptors (Lipinski definition) is 5. The van der Waals surface area contributed by atoms with Gasteiger partial charge in [-0.15, -0.1) is 0 Å². The molecule has 2 aromatic rings. The summed E-state index contributed by atoms with van der Waals surface area (Å²) in [5, 5.41) is 2.92. The van der Waals surface area contributed by atoms with Gasteiger partial charge >= 0.3 is 0 Å². The Hall–Kier alpha value is -2.63. The zero-order valence-electron chi connectivity index (χ0n) is 13.1. The highest BCUT2D eigenvalue weighted by molar-refractivity contribution is 6.07. The molecule has 0 saturated heterocycles. The summed E-state index contributed by atoms with van der Waals surface area (Å²) < 4.78 is 0. The predicted octanol–water partition coefficient (Wildman–Crippen LogP) is 2.02. The van der Waals surface area contributed by atoms with Crippen molar-refractivity contribution >= 4 is 23.4 Å². The maximum absolute atomic E-state index is 12.9. The molecule has 0 saturated carbocycles. The minimum Gasteiger partial charge on any atom is -0.383 e. The summed E-state index contributed by atoms with van der Waals surface area (Å²) in [4.78, 5) is 23.4. The number of nitrogens with two attached hydrogens (primary N) is 1. The number of anilines is 3. The fourth-order valence-corrected chi connectivity index (χ4v) is 3.00. The molecule has 2 heterocycles. The van der Waals surface area contributed by atoms with Gasteiger partial charge in [-0.3, -0.25) is 4.79 Å². The Labute approximate surface area is 129 Å². The van der Waals surface area contributed by atoms with Gasteiger partial charge < -0.3 is 16.0 Å². The first-order valence-electron chi connectivity index (χ1n) is 7.11. The van der Waals surface area contributed by atoms with Gasteiger partial charge in [0.15, 0.2) is 0 Å². The third-order valence-corrected chi connectivity index (χ3v) is 4.15. The van der Waals surface area contributed by atoms with Crippen LogP contribution in [0.3, 0.4) is 0 Å². The molecule has 0 spiro atoms. The summed E-state index contributed by atoms with van der Waals surface area (Å²) in [6.45, 7) is 3.71. The molecule has 0 bridgehead atoms. The molecule has 6 nitrogen and oxygen atoms in total. The number of likely N-dealkylation sites (N-methyl/N-ethyl adjacent to an activating group) is 1. The van der Waals surface area contributed by atoms with E-state index in [4.69, 9.17) is 5.73 Å². The Morgan fingerprint density at radius 2 is 1.91 bits per heavy atom. The Bertz CT molecular complexity index is 769. The van der Waals surface area contributed by atoms with E-state index in [9.17, 15) is 4.79 Å². The Morgan fingerprint density at radius 3 is 2.59 bits per heavy atom. The van der Waals surface area contributed by atoms with Crippen LogP contribution in [0.1, 0.15) is 19.4 Å². The largest absolute Gasteiger partial charge is 0.383 e. The summed E-state index contributed by atoms with van der Waals surface area (Å²) in [6.07, 6.45) is 0. The monoisotopic (exact) mass is 297 g/mol. The molecule has 1 aliphatic heterocycles. The fraction of sp³-hybridized carbons (Fsp3) is 0.312. The van der Waals surface area contributed by atoms with Gasteiger partial charge in [-0.2, -0.15) is 4.98 Å². The normalized spacial score (nSPS) is 15.8. The third kappa shape index (κ3) is 1.83. The lowest BCUT2D eigenvalue weighted by Crippen LogP contribution is -2.41. The standard InChI is InChI=1S/C16H19N5O/c1-16(2)11-12(19-15(18-3)20-13(11)17)9-7-5-6-8-10(9)21(4)14(16)22/h5-8H,1-4H3,(H3,17,18,19,20). The molecule has 3 N–H and O–H groups in total. The minimum atomic E-state index is -0.806. The van der Waals surface area contributed by atoms with Crippen LogP contribution in [-0.2, 0) is 10.2 Å². The quantitative estimate of drug-likeness (QED) is 0.841.